The Hall–Kier alpha value is -3.34. The summed E-state index contributed by atoms with van der Waals surface area (Å²) < 4.78 is 59.9. The Kier molecular flexibility index (Phi) is 6.41. The van der Waals surface area contributed by atoms with Crippen LogP contribution in [0.15, 0.2) is 43.1 Å². The molecule has 0 N–H and O–H groups in total. The molecule has 0 saturated carbocycles. The van der Waals surface area contributed by atoms with Gasteiger partial charge in [-0.1, -0.05) is 6.07 Å². The van der Waals surface area contributed by atoms with Gasteiger partial charge in [-0.05, 0) is 30.5 Å². The van der Waals surface area contributed by atoms with E-state index in [0.29, 0.717) is 43.5 Å². The lowest BCUT2D eigenvalue weighted by Crippen LogP contribution is -2.43. The molecule has 3 aromatic rings. The molecule has 0 bridgehead atoms. The topological polar surface area (TPSA) is 73.1 Å². The summed E-state index contributed by atoms with van der Waals surface area (Å²) in [4.78, 5) is 26.2. The average molecular weight is 463 g/mol. The Morgan fingerprint density at radius 3 is 2.55 bits per heavy atom. The van der Waals surface area contributed by atoms with Crippen molar-refractivity contribution in [1.29, 1.82) is 0 Å². The van der Waals surface area contributed by atoms with Crippen LogP contribution in [0.2, 0.25) is 0 Å². The van der Waals surface area contributed by atoms with Crippen molar-refractivity contribution in [3.05, 3.63) is 65.9 Å². The number of nitrogens with zero attached hydrogens (tertiary/aromatic N) is 5. The highest BCUT2D eigenvalue weighted by Crippen LogP contribution is 2.29. The van der Waals surface area contributed by atoms with Gasteiger partial charge in [0.1, 0.15) is 11.5 Å². The predicted molar refractivity (Wildman–Crippen MR) is 109 cm³/mol. The summed E-state index contributed by atoms with van der Waals surface area (Å²) in [6.45, 7) is 1.21. The van der Waals surface area contributed by atoms with Crippen molar-refractivity contribution < 1.29 is 27.1 Å². The van der Waals surface area contributed by atoms with Crippen LogP contribution >= 0.6 is 0 Å². The molecule has 11 heteroatoms. The molecule has 3 heterocycles. The number of alkyl halides is 3. The summed E-state index contributed by atoms with van der Waals surface area (Å²) >= 11 is 0. The van der Waals surface area contributed by atoms with Gasteiger partial charge in [-0.3, -0.25) is 9.78 Å². The molecule has 4 rings (SSSR count). The molecule has 174 valence electrons. The van der Waals surface area contributed by atoms with Crippen LogP contribution in [-0.4, -0.2) is 49.6 Å². The standard InChI is InChI=1S/C22H21F4N5O2/c1-30-12-19(29-13-30)21(32)31(15-4-6-33-7-5-15)11-14-2-3-17(23)16(8-14)18-9-28-20(10-27-18)22(24,25)26/h2-3,8-10,12-13,15H,4-7,11H2,1H3. The third-order valence-corrected chi connectivity index (χ3v) is 5.42. The third-order valence-electron chi connectivity index (χ3n) is 5.42. The highest BCUT2D eigenvalue weighted by molar-refractivity contribution is 5.92. The van der Waals surface area contributed by atoms with Crippen LogP contribution in [-0.2, 0) is 24.5 Å². The molecule has 1 amide bonds. The van der Waals surface area contributed by atoms with Crippen molar-refractivity contribution >= 4 is 5.91 Å². The van der Waals surface area contributed by atoms with Crippen molar-refractivity contribution in [2.75, 3.05) is 13.2 Å². The molecule has 1 aliphatic rings. The number of benzene rings is 1. The largest absolute Gasteiger partial charge is 0.434 e. The number of amides is 1. The van der Waals surface area contributed by atoms with Crippen LogP contribution in [0.1, 0.15) is 34.6 Å². The maximum absolute atomic E-state index is 14.5. The molecule has 0 unspecified atom stereocenters. The summed E-state index contributed by atoms with van der Waals surface area (Å²) in [5.74, 6) is -0.913. The second kappa shape index (κ2) is 9.26. The first-order valence-electron chi connectivity index (χ1n) is 10.3. The molecule has 0 aliphatic carbocycles. The number of hydrogen-bond acceptors (Lipinski definition) is 5. The summed E-state index contributed by atoms with van der Waals surface area (Å²) in [7, 11) is 1.76. The van der Waals surface area contributed by atoms with Crippen LogP contribution in [0.3, 0.4) is 0 Å². The first kappa shape index (κ1) is 22.8. The number of imidazole rings is 1. The summed E-state index contributed by atoms with van der Waals surface area (Å²) in [6, 6.07) is 4.13. The van der Waals surface area contributed by atoms with E-state index >= 15 is 0 Å². The Balaban J connectivity index is 1.63. The molecule has 1 aromatic carbocycles. The average Bonchev–Trinajstić information content (AvgIpc) is 3.24. The minimum atomic E-state index is -4.64. The van der Waals surface area contributed by atoms with Crippen molar-refractivity contribution in [2.45, 2.75) is 31.6 Å². The number of ether oxygens (including phenoxy) is 1. The molecular weight excluding hydrogens is 442 g/mol. The third kappa shape index (κ3) is 5.19. The number of rotatable bonds is 5. The zero-order chi connectivity index (χ0) is 23.6. The minimum Gasteiger partial charge on any atom is -0.381 e. The molecule has 1 aliphatic heterocycles. The van der Waals surface area contributed by atoms with Gasteiger partial charge in [0, 0.05) is 44.6 Å². The van der Waals surface area contributed by atoms with Crippen molar-refractivity contribution in [3.63, 3.8) is 0 Å². The number of halogens is 4. The van der Waals surface area contributed by atoms with Crippen LogP contribution in [0.5, 0.6) is 0 Å². The van der Waals surface area contributed by atoms with Gasteiger partial charge < -0.3 is 14.2 Å². The van der Waals surface area contributed by atoms with Gasteiger partial charge in [-0.2, -0.15) is 13.2 Å². The Morgan fingerprint density at radius 2 is 1.94 bits per heavy atom. The highest BCUT2D eigenvalue weighted by Gasteiger charge is 2.33. The molecular formula is C22H21F4N5O2. The first-order chi connectivity index (χ1) is 15.7. The molecule has 0 atom stereocenters. The van der Waals surface area contributed by atoms with Gasteiger partial charge in [0.05, 0.1) is 24.4 Å². The number of hydrogen-bond donors (Lipinski definition) is 0. The molecule has 7 nitrogen and oxygen atoms in total. The molecule has 0 radical (unpaired) electrons. The molecule has 2 aromatic heterocycles. The van der Waals surface area contributed by atoms with Gasteiger partial charge in [0.2, 0.25) is 0 Å². The second-order valence-electron chi connectivity index (χ2n) is 7.80. The molecule has 0 spiro atoms. The van der Waals surface area contributed by atoms with E-state index in [-0.39, 0.29) is 29.8 Å². The maximum Gasteiger partial charge on any atom is 0.434 e. The summed E-state index contributed by atoms with van der Waals surface area (Å²) in [5.41, 5.74) is -0.291. The number of carbonyl (C=O) groups is 1. The van der Waals surface area contributed by atoms with E-state index in [4.69, 9.17) is 4.74 Å². The van der Waals surface area contributed by atoms with Crippen LogP contribution in [0, 0.1) is 5.82 Å². The monoisotopic (exact) mass is 463 g/mol. The first-order valence-corrected chi connectivity index (χ1v) is 10.3. The zero-order valence-electron chi connectivity index (χ0n) is 17.7. The van der Waals surface area contributed by atoms with E-state index in [0.717, 1.165) is 6.20 Å². The van der Waals surface area contributed by atoms with E-state index in [1.165, 1.54) is 24.5 Å². The maximum atomic E-state index is 14.5. The normalized spacial score (nSPS) is 14.9. The SMILES string of the molecule is Cn1cnc(C(=O)N(Cc2ccc(F)c(-c3cnc(C(F)(F)F)cn3)c2)C2CCOCC2)c1. The van der Waals surface area contributed by atoms with Crippen molar-refractivity contribution in [2.24, 2.45) is 7.05 Å². The smallest absolute Gasteiger partial charge is 0.381 e. The fourth-order valence-electron chi connectivity index (χ4n) is 3.71. The lowest BCUT2D eigenvalue weighted by molar-refractivity contribution is -0.141. The summed E-state index contributed by atoms with van der Waals surface area (Å²) in [5, 5.41) is 0. The lowest BCUT2D eigenvalue weighted by atomic mass is 10.0. The van der Waals surface area contributed by atoms with Crippen LogP contribution < -0.4 is 0 Å². The number of carbonyl (C=O) groups excluding carboxylic acids is 1. The van der Waals surface area contributed by atoms with Crippen molar-refractivity contribution in [3.8, 4) is 11.3 Å². The second-order valence-corrected chi connectivity index (χ2v) is 7.80. The van der Waals surface area contributed by atoms with Crippen LogP contribution in [0.4, 0.5) is 17.6 Å². The fraction of sp³-hybridized carbons (Fsp3) is 0.364. The predicted octanol–water partition coefficient (Wildman–Crippen LogP) is 3.86. The van der Waals surface area contributed by atoms with Gasteiger partial charge >= 0.3 is 6.18 Å². The Bertz CT molecular complexity index is 1120. The van der Waals surface area contributed by atoms with Gasteiger partial charge in [-0.25, -0.2) is 14.4 Å². The highest BCUT2D eigenvalue weighted by atomic mass is 19.4. The van der Waals surface area contributed by atoms with Gasteiger partial charge in [-0.15, -0.1) is 0 Å². The molecule has 1 saturated heterocycles. The Morgan fingerprint density at radius 1 is 1.18 bits per heavy atom. The minimum absolute atomic E-state index is 0.00550. The van der Waals surface area contributed by atoms with Gasteiger partial charge in [0.25, 0.3) is 5.91 Å². The Labute approximate surface area is 187 Å². The van der Waals surface area contributed by atoms with E-state index in [1.54, 1.807) is 22.7 Å². The molecule has 33 heavy (non-hydrogen) atoms. The quantitative estimate of drug-likeness (QED) is 0.538. The number of aromatic nitrogens is 4. The lowest BCUT2D eigenvalue weighted by Gasteiger charge is -2.34. The van der Waals surface area contributed by atoms with E-state index < -0.39 is 17.7 Å². The number of aryl methyl sites for hydroxylation is 1. The van der Waals surface area contributed by atoms with Crippen LogP contribution in [0.25, 0.3) is 11.3 Å². The summed E-state index contributed by atoms with van der Waals surface area (Å²) in [6.07, 6.45) is 1.29. The van der Waals surface area contributed by atoms with Gasteiger partial charge in [0.15, 0.2) is 5.69 Å². The van der Waals surface area contributed by atoms with E-state index in [1.807, 2.05) is 0 Å². The zero-order valence-corrected chi connectivity index (χ0v) is 17.7. The van der Waals surface area contributed by atoms with E-state index in [9.17, 15) is 22.4 Å². The van der Waals surface area contributed by atoms with Crippen molar-refractivity contribution in [1.82, 2.24) is 24.4 Å². The molecule has 1 fully saturated rings. The fourth-order valence-corrected chi connectivity index (χ4v) is 3.71. The van der Waals surface area contributed by atoms with E-state index in [2.05, 4.69) is 15.0 Å².